The molecular weight excluding hydrogens is 226 g/mol. The highest BCUT2D eigenvalue weighted by atomic mass is 16.1. The molecule has 2 N–H and O–H groups in total. The van der Waals surface area contributed by atoms with Crippen LogP contribution in [0.25, 0.3) is 0 Å². The predicted octanol–water partition coefficient (Wildman–Crippen LogP) is 1.47. The molecule has 0 aromatic rings. The maximum Gasteiger partial charge on any atom is 0.234 e. The second-order valence-corrected chi connectivity index (χ2v) is 5.45. The first-order valence-electron chi connectivity index (χ1n) is 7.08. The Hall–Kier alpha value is -0.610. The Kier molecular flexibility index (Phi) is 9.02. The van der Waals surface area contributed by atoms with Gasteiger partial charge in [-0.05, 0) is 20.0 Å². The molecule has 0 saturated carbocycles. The molecule has 0 aliphatic heterocycles. The average molecular weight is 257 g/mol. The Morgan fingerprint density at radius 2 is 1.72 bits per heavy atom. The van der Waals surface area contributed by atoms with Crippen LogP contribution in [-0.2, 0) is 4.79 Å². The van der Waals surface area contributed by atoms with Gasteiger partial charge in [-0.3, -0.25) is 4.79 Å². The van der Waals surface area contributed by atoms with E-state index in [2.05, 4.69) is 43.5 Å². The van der Waals surface area contributed by atoms with Crippen molar-refractivity contribution < 1.29 is 4.79 Å². The molecule has 4 nitrogen and oxygen atoms in total. The van der Waals surface area contributed by atoms with Gasteiger partial charge in [-0.15, -0.1) is 0 Å². The maximum absolute atomic E-state index is 11.7. The smallest absolute Gasteiger partial charge is 0.234 e. The van der Waals surface area contributed by atoms with Gasteiger partial charge >= 0.3 is 0 Å². The third-order valence-electron chi connectivity index (χ3n) is 3.44. The summed E-state index contributed by atoms with van der Waals surface area (Å²) in [6, 6.07) is 0.766. The Balaban J connectivity index is 4.15. The Bertz CT molecular complexity index is 225. The van der Waals surface area contributed by atoms with Crippen LogP contribution in [0.15, 0.2) is 0 Å². The zero-order valence-electron chi connectivity index (χ0n) is 12.9. The first-order valence-corrected chi connectivity index (χ1v) is 7.08. The summed E-state index contributed by atoms with van der Waals surface area (Å²) >= 11 is 0. The molecule has 1 amide bonds. The molecule has 1 atom stereocenters. The summed E-state index contributed by atoms with van der Waals surface area (Å²) in [5.74, 6) is 0.722. The summed E-state index contributed by atoms with van der Waals surface area (Å²) < 4.78 is 0. The van der Waals surface area contributed by atoms with Crippen molar-refractivity contribution in [2.24, 2.45) is 5.92 Å². The van der Waals surface area contributed by atoms with Crippen LogP contribution in [0.2, 0.25) is 0 Å². The zero-order valence-corrected chi connectivity index (χ0v) is 12.9. The van der Waals surface area contributed by atoms with E-state index in [0.29, 0.717) is 24.5 Å². The molecule has 1 unspecified atom stereocenters. The third kappa shape index (κ3) is 6.97. The van der Waals surface area contributed by atoms with Crippen LogP contribution in [0.1, 0.15) is 40.5 Å². The summed E-state index contributed by atoms with van der Waals surface area (Å²) in [7, 11) is 4.17. The van der Waals surface area contributed by atoms with Gasteiger partial charge < -0.3 is 15.5 Å². The van der Waals surface area contributed by atoms with Crippen LogP contribution >= 0.6 is 0 Å². The van der Waals surface area contributed by atoms with Crippen molar-refractivity contribution in [2.75, 3.05) is 27.2 Å². The molecule has 0 aliphatic carbocycles. The fraction of sp³-hybridized carbons (Fsp3) is 0.929. The highest BCUT2D eigenvalue weighted by Gasteiger charge is 2.20. The Morgan fingerprint density at radius 1 is 1.17 bits per heavy atom. The van der Waals surface area contributed by atoms with E-state index >= 15 is 0 Å². The van der Waals surface area contributed by atoms with Gasteiger partial charge in [-0.2, -0.15) is 0 Å². The summed E-state index contributed by atoms with van der Waals surface area (Å²) in [4.78, 5) is 13.9. The highest BCUT2D eigenvalue weighted by molar-refractivity contribution is 5.78. The molecule has 0 aromatic carbocycles. The predicted molar refractivity (Wildman–Crippen MR) is 77.7 cm³/mol. The van der Waals surface area contributed by atoms with Gasteiger partial charge in [0.25, 0.3) is 0 Å². The molecule has 0 aliphatic rings. The SMILES string of the molecule is CCC(CC)C(CNC(=O)CNC(C)C)N(C)C. The van der Waals surface area contributed by atoms with Crippen molar-refractivity contribution in [1.82, 2.24) is 15.5 Å². The fourth-order valence-electron chi connectivity index (χ4n) is 2.18. The number of amides is 1. The number of nitrogens with zero attached hydrogens (tertiary/aromatic N) is 1. The molecular formula is C14H31N3O. The van der Waals surface area contributed by atoms with Crippen molar-refractivity contribution >= 4 is 5.91 Å². The van der Waals surface area contributed by atoms with Gasteiger partial charge in [0.1, 0.15) is 0 Å². The summed E-state index contributed by atoms with van der Waals surface area (Å²) in [5.41, 5.74) is 0. The van der Waals surface area contributed by atoms with Gasteiger partial charge in [0.05, 0.1) is 6.54 Å². The van der Waals surface area contributed by atoms with E-state index in [-0.39, 0.29) is 5.91 Å². The Morgan fingerprint density at radius 3 is 2.11 bits per heavy atom. The molecule has 4 heteroatoms. The first kappa shape index (κ1) is 17.4. The molecule has 0 saturated heterocycles. The number of nitrogens with one attached hydrogen (secondary N) is 2. The lowest BCUT2D eigenvalue weighted by atomic mass is 9.93. The molecule has 108 valence electrons. The molecule has 18 heavy (non-hydrogen) atoms. The summed E-state index contributed by atoms with van der Waals surface area (Å²) in [6.07, 6.45) is 2.30. The van der Waals surface area contributed by atoms with Gasteiger partial charge in [0, 0.05) is 18.6 Å². The van der Waals surface area contributed by atoms with Crippen LogP contribution in [-0.4, -0.2) is 50.1 Å². The van der Waals surface area contributed by atoms with Crippen LogP contribution in [0, 0.1) is 5.92 Å². The molecule has 0 fully saturated rings. The van der Waals surface area contributed by atoms with Crippen molar-refractivity contribution in [1.29, 1.82) is 0 Å². The molecule has 0 aromatic heterocycles. The molecule has 0 heterocycles. The second kappa shape index (κ2) is 9.34. The normalized spacial score (nSPS) is 13.4. The quantitative estimate of drug-likeness (QED) is 0.657. The highest BCUT2D eigenvalue weighted by Crippen LogP contribution is 2.16. The molecule has 0 rings (SSSR count). The summed E-state index contributed by atoms with van der Waals surface area (Å²) in [5, 5.41) is 6.16. The minimum absolute atomic E-state index is 0.0847. The fourth-order valence-corrected chi connectivity index (χ4v) is 2.18. The third-order valence-corrected chi connectivity index (χ3v) is 3.44. The van der Waals surface area contributed by atoms with E-state index in [0.717, 1.165) is 19.4 Å². The van der Waals surface area contributed by atoms with Crippen LogP contribution in [0.4, 0.5) is 0 Å². The average Bonchev–Trinajstić information content (AvgIpc) is 2.31. The van der Waals surface area contributed by atoms with E-state index in [4.69, 9.17) is 0 Å². The van der Waals surface area contributed by atoms with E-state index in [1.54, 1.807) is 0 Å². The van der Waals surface area contributed by atoms with Crippen LogP contribution in [0.3, 0.4) is 0 Å². The zero-order chi connectivity index (χ0) is 14.1. The number of rotatable bonds is 9. The monoisotopic (exact) mass is 257 g/mol. The molecule has 0 bridgehead atoms. The van der Waals surface area contributed by atoms with Crippen LogP contribution in [0.5, 0.6) is 0 Å². The van der Waals surface area contributed by atoms with E-state index in [1.807, 2.05) is 13.8 Å². The van der Waals surface area contributed by atoms with Gasteiger partial charge in [-0.1, -0.05) is 40.5 Å². The first-order chi connectivity index (χ1) is 8.42. The second-order valence-electron chi connectivity index (χ2n) is 5.45. The van der Waals surface area contributed by atoms with Crippen molar-refractivity contribution in [3.63, 3.8) is 0 Å². The minimum Gasteiger partial charge on any atom is -0.353 e. The van der Waals surface area contributed by atoms with E-state index < -0.39 is 0 Å². The maximum atomic E-state index is 11.7. The van der Waals surface area contributed by atoms with Crippen molar-refractivity contribution in [3.8, 4) is 0 Å². The van der Waals surface area contributed by atoms with Gasteiger partial charge in [0.2, 0.25) is 5.91 Å². The number of hydrogen-bond donors (Lipinski definition) is 2. The van der Waals surface area contributed by atoms with Crippen LogP contribution < -0.4 is 10.6 Å². The van der Waals surface area contributed by atoms with E-state index in [1.165, 1.54) is 0 Å². The number of likely N-dealkylation sites (N-methyl/N-ethyl adjacent to an activating group) is 1. The topological polar surface area (TPSA) is 44.4 Å². The number of carbonyl (C=O) groups excluding carboxylic acids is 1. The van der Waals surface area contributed by atoms with Gasteiger partial charge in [-0.25, -0.2) is 0 Å². The lowest BCUT2D eigenvalue weighted by molar-refractivity contribution is -0.120. The number of hydrogen-bond acceptors (Lipinski definition) is 3. The van der Waals surface area contributed by atoms with Gasteiger partial charge in [0.15, 0.2) is 0 Å². The number of carbonyl (C=O) groups is 1. The standard InChI is InChI=1S/C14H31N3O/c1-7-12(8-2)13(17(5)6)9-16-14(18)10-15-11(3)4/h11-13,15H,7-10H2,1-6H3,(H,16,18). The lowest BCUT2D eigenvalue weighted by Gasteiger charge is -2.31. The molecule has 0 radical (unpaired) electrons. The largest absolute Gasteiger partial charge is 0.353 e. The van der Waals surface area contributed by atoms with E-state index in [9.17, 15) is 4.79 Å². The molecule has 0 spiro atoms. The summed E-state index contributed by atoms with van der Waals surface area (Å²) in [6.45, 7) is 9.65. The minimum atomic E-state index is 0.0847. The lowest BCUT2D eigenvalue weighted by Crippen LogP contribution is -2.47. The van der Waals surface area contributed by atoms with Crippen molar-refractivity contribution in [3.05, 3.63) is 0 Å². The Labute approximate surface area is 113 Å². The van der Waals surface area contributed by atoms with Crippen molar-refractivity contribution in [2.45, 2.75) is 52.6 Å².